The fraction of sp³-hybridized carbons (Fsp3) is 1.00. The van der Waals surface area contributed by atoms with Crippen LogP contribution in [-0.4, -0.2) is 76.1 Å². The standard InChI is InChI=1S/C8H16O7/c1-14-8-6(13)4(11)5(12)7(15-8)3(10)2-9/h3-13H,2H2,1H3/t3-,4+,5+,6-,7-,8?/m1/s1. The van der Waals surface area contributed by atoms with Gasteiger partial charge in [0.05, 0.1) is 6.61 Å². The molecular formula is C8H16O7. The third-order valence-corrected chi connectivity index (χ3v) is 2.41. The summed E-state index contributed by atoms with van der Waals surface area (Å²) in [6, 6.07) is 0. The van der Waals surface area contributed by atoms with E-state index in [-0.39, 0.29) is 0 Å². The Labute approximate surface area is 86.5 Å². The number of rotatable bonds is 3. The van der Waals surface area contributed by atoms with Crippen LogP contribution in [0, 0.1) is 0 Å². The zero-order valence-corrected chi connectivity index (χ0v) is 8.22. The quantitative estimate of drug-likeness (QED) is 0.342. The van der Waals surface area contributed by atoms with Gasteiger partial charge < -0.3 is 35.0 Å². The Morgan fingerprint density at radius 1 is 1.20 bits per heavy atom. The minimum Gasteiger partial charge on any atom is -0.394 e. The van der Waals surface area contributed by atoms with Gasteiger partial charge in [-0.2, -0.15) is 0 Å². The number of aliphatic hydroxyl groups excluding tert-OH is 5. The van der Waals surface area contributed by atoms with E-state index in [2.05, 4.69) is 0 Å². The van der Waals surface area contributed by atoms with Crippen LogP contribution < -0.4 is 0 Å². The van der Waals surface area contributed by atoms with Gasteiger partial charge in [-0.05, 0) is 0 Å². The fourth-order valence-electron chi connectivity index (χ4n) is 1.49. The highest BCUT2D eigenvalue weighted by Crippen LogP contribution is 2.23. The Hall–Kier alpha value is -0.280. The molecule has 0 aromatic heterocycles. The van der Waals surface area contributed by atoms with Gasteiger partial charge in [0.1, 0.15) is 30.5 Å². The summed E-state index contributed by atoms with van der Waals surface area (Å²) in [5.41, 5.74) is 0. The van der Waals surface area contributed by atoms with Crippen molar-refractivity contribution in [1.29, 1.82) is 0 Å². The van der Waals surface area contributed by atoms with Crippen LogP contribution in [0.15, 0.2) is 0 Å². The van der Waals surface area contributed by atoms with Gasteiger partial charge in [0.25, 0.3) is 0 Å². The third-order valence-electron chi connectivity index (χ3n) is 2.41. The summed E-state index contributed by atoms with van der Waals surface area (Å²) in [6.45, 7) is -0.624. The molecule has 1 unspecified atom stereocenters. The van der Waals surface area contributed by atoms with Crippen LogP contribution in [0.3, 0.4) is 0 Å². The summed E-state index contributed by atoms with van der Waals surface area (Å²) in [5.74, 6) is 0. The molecule has 6 atom stereocenters. The van der Waals surface area contributed by atoms with Crippen molar-refractivity contribution in [3.8, 4) is 0 Å². The molecule has 90 valence electrons. The lowest BCUT2D eigenvalue weighted by molar-refractivity contribution is -0.305. The largest absolute Gasteiger partial charge is 0.394 e. The Balaban J connectivity index is 2.74. The number of hydrogen-bond donors (Lipinski definition) is 5. The van der Waals surface area contributed by atoms with Crippen molar-refractivity contribution in [3.63, 3.8) is 0 Å². The molecule has 0 aromatic rings. The molecule has 5 N–H and O–H groups in total. The molecule has 15 heavy (non-hydrogen) atoms. The average molecular weight is 224 g/mol. The number of methoxy groups -OCH3 is 1. The summed E-state index contributed by atoms with van der Waals surface area (Å²) >= 11 is 0. The van der Waals surface area contributed by atoms with Crippen LogP contribution >= 0.6 is 0 Å². The molecule has 0 amide bonds. The molecule has 0 spiro atoms. The number of aliphatic hydroxyl groups is 5. The molecule has 1 fully saturated rings. The van der Waals surface area contributed by atoms with E-state index in [1.165, 1.54) is 7.11 Å². The molecule has 0 radical (unpaired) electrons. The van der Waals surface area contributed by atoms with E-state index in [9.17, 15) is 20.4 Å². The number of ether oxygens (including phenoxy) is 2. The van der Waals surface area contributed by atoms with Crippen LogP contribution in [0.2, 0.25) is 0 Å². The Morgan fingerprint density at radius 3 is 2.27 bits per heavy atom. The predicted octanol–water partition coefficient (Wildman–Crippen LogP) is -3.21. The third kappa shape index (κ3) is 2.45. The first-order chi connectivity index (χ1) is 7.02. The maximum Gasteiger partial charge on any atom is 0.186 e. The van der Waals surface area contributed by atoms with Gasteiger partial charge in [-0.3, -0.25) is 0 Å². The van der Waals surface area contributed by atoms with Crippen molar-refractivity contribution in [3.05, 3.63) is 0 Å². The summed E-state index contributed by atoms with van der Waals surface area (Å²) < 4.78 is 9.70. The summed E-state index contributed by atoms with van der Waals surface area (Å²) in [6.07, 6.45) is -8.05. The van der Waals surface area contributed by atoms with E-state index >= 15 is 0 Å². The van der Waals surface area contributed by atoms with Crippen molar-refractivity contribution >= 4 is 0 Å². The summed E-state index contributed by atoms with van der Waals surface area (Å²) in [5, 5.41) is 46.2. The van der Waals surface area contributed by atoms with Gasteiger partial charge in [0.2, 0.25) is 0 Å². The highest BCUT2D eigenvalue weighted by molar-refractivity contribution is 4.92. The normalized spacial score (nSPS) is 44.0. The molecule has 1 aliphatic rings. The first kappa shape index (κ1) is 12.8. The van der Waals surface area contributed by atoms with E-state index in [0.717, 1.165) is 0 Å². The van der Waals surface area contributed by atoms with Crippen molar-refractivity contribution in [1.82, 2.24) is 0 Å². The number of hydrogen-bond acceptors (Lipinski definition) is 7. The topological polar surface area (TPSA) is 120 Å². The molecular weight excluding hydrogens is 208 g/mol. The van der Waals surface area contributed by atoms with E-state index in [1.807, 2.05) is 0 Å². The van der Waals surface area contributed by atoms with Gasteiger partial charge in [-0.25, -0.2) is 0 Å². The van der Waals surface area contributed by atoms with Crippen LogP contribution in [0.5, 0.6) is 0 Å². The summed E-state index contributed by atoms with van der Waals surface area (Å²) in [7, 11) is 1.25. The minimum atomic E-state index is -1.49. The Morgan fingerprint density at radius 2 is 1.80 bits per heavy atom. The molecule has 7 nitrogen and oxygen atoms in total. The van der Waals surface area contributed by atoms with Gasteiger partial charge in [0.15, 0.2) is 6.29 Å². The van der Waals surface area contributed by atoms with E-state index < -0.39 is 43.4 Å². The smallest absolute Gasteiger partial charge is 0.186 e. The van der Waals surface area contributed by atoms with Crippen molar-refractivity contribution in [2.75, 3.05) is 13.7 Å². The molecule has 1 aliphatic heterocycles. The average Bonchev–Trinajstić information content (AvgIpc) is 2.25. The fourth-order valence-corrected chi connectivity index (χ4v) is 1.49. The summed E-state index contributed by atoms with van der Waals surface area (Å²) in [4.78, 5) is 0. The molecule has 0 saturated carbocycles. The molecule has 7 heteroatoms. The van der Waals surface area contributed by atoms with Crippen molar-refractivity contribution < 1.29 is 35.0 Å². The first-order valence-corrected chi connectivity index (χ1v) is 4.54. The maximum absolute atomic E-state index is 9.46. The van der Waals surface area contributed by atoms with Gasteiger partial charge in [-0.1, -0.05) is 0 Å². The monoisotopic (exact) mass is 224 g/mol. The lowest BCUT2D eigenvalue weighted by Gasteiger charge is -2.41. The second kappa shape index (κ2) is 5.17. The zero-order chi connectivity index (χ0) is 11.6. The predicted molar refractivity (Wildman–Crippen MR) is 46.8 cm³/mol. The van der Waals surface area contributed by atoms with Gasteiger partial charge in [0, 0.05) is 7.11 Å². The Kier molecular flexibility index (Phi) is 4.41. The SMILES string of the molecule is COC1O[C@H]([C@H](O)CO)[C@@H](O)[C@H](O)[C@H]1O. The first-order valence-electron chi connectivity index (χ1n) is 4.54. The van der Waals surface area contributed by atoms with Crippen LogP contribution in [0.1, 0.15) is 0 Å². The maximum atomic E-state index is 9.46. The minimum absolute atomic E-state index is 0.624. The van der Waals surface area contributed by atoms with Crippen LogP contribution in [-0.2, 0) is 9.47 Å². The molecule has 0 aromatic carbocycles. The van der Waals surface area contributed by atoms with Crippen molar-refractivity contribution in [2.24, 2.45) is 0 Å². The van der Waals surface area contributed by atoms with Gasteiger partial charge in [-0.15, -0.1) is 0 Å². The molecule has 0 aliphatic carbocycles. The highest BCUT2D eigenvalue weighted by atomic mass is 16.7. The molecule has 1 heterocycles. The molecule has 1 rings (SSSR count). The van der Waals surface area contributed by atoms with Crippen molar-refractivity contribution in [2.45, 2.75) is 36.8 Å². The van der Waals surface area contributed by atoms with Crippen LogP contribution in [0.25, 0.3) is 0 Å². The van der Waals surface area contributed by atoms with Gasteiger partial charge >= 0.3 is 0 Å². The van der Waals surface area contributed by atoms with Crippen LogP contribution in [0.4, 0.5) is 0 Å². The lowest BCUT2D eigenvalue weighted by atomic mass is 9.95. The van der Waals surface area contributed by atoms with E-state index in [0.29, 0.717) is 0 Å². The highest BCUT2D eigenvalue weighted by Gasteiger charge is 2.46. The second-order valence-corrected chi connectivity index (χ2v) is 3.43. The van der Waals surface area contributed by atoms with E-state index in [4.69, 9.17) is 14.6 Å². The second-order valence-electron chi connectivity index (χ2n) is 3.43. The lowest BCUT2D eigenvalue weighted by Crippen LogP contribution is -2.61. The Bertz CT molecular complexity index is 197. The van der Waals surface area contributed by atoms with E-state index in [1.54, 1.807) is 0 Å². The zero-order valence-electron chi connectivity index (χ0n) is 8.22. The molecule has 0 bridgehead atoms. The molecule has 1 saturated heterocycles.